The fourth-order valence-corrected chi connectivity index (χ4v) is 4.01. The van der Waals surface area contributed by atoms with E-state index in [4.69, 9.17) is 0 Å². The second-order valence-electron chi connectivity index (χ2n) is 7.56. The summed E-state index contributed by atoms with van der Waals surface area (Å²) in [7, 11) is 2.19. The van der Waals surface area contributed by atoms with Crippen molar-refractivity contribution in [1.29, 1.82) is 0 Å². The van der Waals surface area contributed by atoms with E-state index in [9.17, 15) is 4.39 Å². The van der Waals surface area contributed by atoms with Crippen LogP contribution in [0.3, 0.4) is 0 Å². The molecular formula is C22H25FN4. The molecule has 140 valence electrons. The van der Waals surface area contributed by atoms with Crippen LogP contribution in [0.1, 0.15) is 11.3 Å². The molecule has 1 aliphatic heterocycles. The highest BCUT2D eigenvalue weighted by Gasteiger charge is 2.22. The molecule has 0 amide bonds. The fourth-order valence-electron chi connectivity index (χ4n) is 4.01. The SMILES string of the molecule is CN1CCN(Cc2ccc(F)cn2)C[C@H](Cc2cncc3ccccc23)C1. The zero-order chi connectivity index (χ0) is 18.6. The number of nitrogens with zero attached hydrogens (tertiary/aromatic N) is 4. The number of likely N-dealkylation sites (N-methyl/N-ethyl adjacent to an activating group) is 1. The third kappa shape index (κ3) is 4.49. The van der Waals surface area contributed by atoms with Crippen LogP contribution in [0.2, 0.25) is 0 Å². The van der Waals surface area contributed by atoms with Gasteiger partial charge in [0, 0.05) is 50.5 Å². The third-order valence-electron chi connectivity index (χ3n) is 5.32. The number of fused-ring (bicyclic) bond motifs is 1. The predicted octanol–water partition coefficient (Wildman–Crippen LogP) is 3.38. The molecule has 0 radical (unpaired) electrons. The Hall–Kier alpha value is -2.37. The lowest BCUT2D eigenvalue weighted by Crippen LogP contribution is -2.30. The minimum atomic E-state index is -0.282. The van der Waals surface area contributed by atoms with Gasteiger partial charge in [0.2, 0.25) is 0 Å². The molecule has 1 saturated heterocycles. The molecule has 1 atom stereocenters. The normalized spacial score (nSPS) is 19.3. The van der Waals surface area contributed by atoms with Gasteiger partial charge in [0.1, 0.15) is 5.82 Å². The summed E-state index contributed by atoms with van der Waals surface area (Å²) in [5.41, 5.74) is 2.24. The van der Waals surface area contributed by atoms with E-state index in [1.807, 2.05) is 12.4 Å². The molecule has 27 heavy (non-hydrogen) atoms. The standard InChI is InChI=1S/C22H25FN4/c1-26-8-9-27(16-21-7-6-20(23)13-25-21)15-17(14-26)10-19-12-24-11-18-4-2-3-5-22(18)19/h2-7,11-13,17H,8-10,14-16H2,1H3/t17-/m1/s1. The lowest BCUT2D eigenvalue weighted by atomic mass is 9.96. The summed E-state index contributed by atoms with van der Waals surface area (Å²) in [5, 5.41) is 2.50. The molecule has 0 aliphatic carbocycles. The molecule has 5 heteroatoms. The summed E-state index contributed by atoms with van der Waals surface area (Å²) in [6.45, 7) is 4.87. The van der Waals surface area contributed by atoms with Crippen molar-refractivity contribution in [2.24, 2.45) is 5.92 Å². The largest absolute Gasteiger partial charge is 0.305 e. The number of rotatable bonds is 4. The first-order chi connectivity index (χ1) is 13.2. The Balaban J connectivity index is 1.51. The topological polar surface area (TPSA) is 32.3 Å². The Morgan fingerprint density at radius 2 is 1.93 bits per heavy atom. The molecule has 2 aromatic heterocycles. The number of halogens is 1. The van der Waals surface area contributed by atoms with Gasteiger partial charge in [0.25, 0.3) is 0 Å². The Morgan fingerprint density at radius 1 is 1.04 bits per heavy atom. The maximum atomic E-state index is 13.1. The highest BCUT2D eigenvalue weighted by molar-refractivity contribution is 5.84. The lowest BCUT2D eigenvalue weighted by molar-refractivity contribution is 0.246. The first-order valence-electron chi connectivity index (χ1n) is 9.50. The van der Waals surface area contributed by atoms with E-state index in [-0.39, 0.29) is 5.82 Å². The maximum Gasteiger partial charge on any atom is 0.141 e. The molecule has 1 aliphatic rings. The van der Waals surface area contributed by atoms with Gasteiger partial charge in [0.05, 0.1) is 11.9 Å². The van der Waals surface area contributed by atoms with E-state index in [0.29, 0.717) is 5.92 Å². The van der Waals surface area contributed by atoms with E-state index < -0.39 is 0 Å². The molecule has 0 bridgehead atoms. The molecule has 4 nitrogen and oxygen atoms in total. The molecule has 0 N–H and O–H groups in total. The zero-order valence-electron chi connectivity index (χ0n) is 15.7. The summed E-state index contributed by atoms with van der Waals surface area (Å²) in [6, 6.07) is 11.7. The van der Waals surface area contributed by atoms with Crippen LogP contribution in [0.15, 0.2) is 55.0 Å². The predicted molar refractivity (Wildman–Crippen MR) is 106 cm³/mol. The van der Waals surface area contributed by atoms with E-state index in [0.717, 1.165) is 44.8 Å². The molecule has 3 heterocycles. The minimum Gasteiger partial charge on any atom is -0.305 e. The van der Waals surface area contributed by atoms with Crippen LogP contribution in [0.4, 0.5) is 4.39 Å². The number of aromatic nitrogens is 2. The minimum absolute atomic E-state index is 0.282. The van der Waals surface area contributed by atoms with E-state index >= 15 is 0 Å². The summed E-state index contributed by atoms with van der Waals surface area (Å²) in [4.78, 5) is 13.5. The second kappa shape index (κ2) is 8.11. The van der Waals surface area contributed by atoms with Gasteiger partial charge in [0.15, 0.2) is 0 Å². The Morgan fingerprint density at radius 3 is 2.78 bits per heavy atom. The first kappa shape index (κ1) is 18.0. The number of hydrogen-bond acceptors (Lipinski definition) is 4. The molecule has 1 fully saturated rings. The summed E-state index contributed by atoms with van der Waals surface area (Å²) < 4.78 is 13.1. The average molecular weight is 364 g/mol. The van der Waals surface area contributed by atoms with Gasteiger partial charge in [-0.15, -0.1) is 0 Å². The van der Waals surface area contributed by atoms with Gasteiger partial charge in [-0.1, -0.05) is 24.3 Å². The third-order valence-corrected chi connectivity index (χ3v) is 5.32. The first-order valence-corrected chi connectivity index (χ1v) is 9.50. The van der Waals surface area contributed by atoms with Gasteiger partial charge in [-0.05, 0) is 42.5 Å². The van der Waals surface area contributed by atoms with Crippen LogP contribution in [0, 0.1) is 11.7 Å². The molecule has 0 saturated carbocycles. The van der Waals surface area contributed by atoms with E-state index in [1.165, 1.54) is 28.6 Å². The van der Waals surface area contributed by atoms with Crippen molar-refractivity contribution in [3.05, 3.63) is 72.1 Å². The Kier molecular flexibility index (Phi) is 5.41. The van der Waals surface area contributed by atoms with Gasteiger partial charge in [-0.25, -0.2) is 4.39 Å². The van der Waals surface area contributed by atoms with Crippen molar-refractivity contribution in [3.63, 3.8) is 0 Å². The molecule has 0 spiro atoms. The van der Waals surface area contributed by atoms with Crippen LogP contribution in [0.5, 0.6) is 0 Å². The number of pyridine rings is 2. The lowest BCUT2D eigenvalue weighted by Gasteiger charge is -2.24. The van der Waals surface area contributed by atoms with Crippen molar-refractivity contribution >= 4 is 10.8 Å². The quantitative estimate of drug-likeness (QED) is 0.710. The highest BCUT2D eigenvalue weighted by Crippen LogP contribution is 2.22. The van der Waals surface area contributed by atoms with Crippen LogP contribution in [0.25, 0.3) is 10.8 Å². The Labute approximate surface area is 159 Å². The number of benzene rings is 1. The van der Waals surface area contributed by atoms with Crippen LogP contribution in [-0.2, 0) is 13.0 Å². The molecule has 0 unspecified atom stereocenters. The zero-order valence-corrected chi connectivity index (χ0v) is 15.7. The van der Waals surface area contributed by atoms with Gasteiger partial charge >= 0.3 is 0 Å². The number of hydrogen-bond donors (Lipinski definition) is 0. The smallest absolute Gasteiger partial charge is 0.141 e. The van der Waals surface area contributed by atoms with Crippen molar-refractivity contribution in [1.82, 2.24) is 19.8 Å². The highest BCUT2D eigenvalue weighted by atomic mass is 19.1. The van der Waals surface area contributed by atoms with Crippen molar-refractivity contribution in [2.45, 2.75) is 13.0 Å². The van der Waals surface area contributed by atoms with Crippen LogP contribution < -0.4 is 0 Å². The van der Waals surface area contributed by atoms with E-state index in [2.05, 4.69) is 51.1 Å². The summed E-state index contributed by atoms with van der Waals surface area (Å²) in [6.07, 6.45) is 6.26. The molecular weight excluding hydrogens is 339 g/mol. The fraction of sp³-hybridized carbons (Fsp3) is 0.364. The molecule has 1 aromatic carbocycles. The van der Waals surface area contributed by atoms with Crippen molar-refractivity contribution in [2.75, 3.05) is 33.2 Å². The van der Waals surface area contributed by atoms with Crippen molar-refractivity contribution in [3.8, 4) is 0 Å². The van der Waals surface area contributed by atoms with Crippen LogP contribution in [-0.4, -0.2) is 53.0 Å². The second-order valence-corrected chi connectivity index (χ2v) is 7.56. The van der Waals surface area contributed by atoms with Gasteiger partial charge in [-0.3, -0.25) is 14.9 Å². The van der Waals surface area contributed by atoms with Crippen molar-refractivity contribution < 1.29 is 4.39 Å². The maximum absolute atomic E-state index is 13.1. The van der Waals surface area contributed by atoms with Crippen LogP contribution >= 0.6 is 0 Å². The summed E-state index contributed by atoms with van der Waals surface area (Å²) >= 11 is 0. The molecule has 4 rings (SSSR count). The molecule has 3 aromatic rings. The monoisotopic (exact) mass is 364 g/mol. The average Bonchev–Trinajstić information content (AvgIpc) is 2.85. The van der Waals surface area contributed by atoms with Gasteiger partial charge < -0.3 is 4.90 Å². The van der Waals surface area contributed by atoms with E-state index in [1.54, 1.807) is 6.07 Å². The summed E-state index contributed by atoms with van der Waals surface area (Å²) in [5.74, 6) is 0.237. The Bertz CT molecular complexity index is 891. The van der Waals surface area contributed by atoms with Gasteiger partial charge in [-0.2, -0.15) is 0 Å².